The van der Waals surface area contributed by atoms with Gasteiger partial charge in [-0.3, -0.25) is 9.69 Å². The third-order valence-electron chi connectivity index (χ3n) is 7.54. The van der Waals surface area contributed by atoms with Crippen molar-refractivity contribution in [1.82, 2.24) is 9.88 Å². The van der Waals surface area contributed by atoms with E-state index >= 15 is 0 Å². The van der Waals surface area contributed by atoms with Crippen LogP contribution >= 0.6 is 0 Å². The lowest BCUT2D eigenvalue weighted by Crippen LogP contribution is -2.20. The van der Waals surface area contributed by atoms with Gasteiger partial charge in [-0.1, -0.05) is 61.4 Å². The Balaban J connectivity index is 1.43. The molecule has 0 saturated carbocycles. The van der Waals surface area contributed by atoms with Gasteiger partial charge < -0.3 is 15.2 Å². The molecule has 0 spiro atoms. The Labute approximate surface area is 252 Å². The summed E-state index contributed by atoms with van der Waals surface area (Å²) < 4.78 is 0. The molecule has 4 aromatic rings. The molecule has 2 heterocycles. The molecule has 5 rings (SSSR count). The Bertz CT molecular complexity index is 1740. The first kappa shape index (κ1) is 29.6. The average Bonchev–Trinajstić information content (AvgIpc) is 3.62. The lowest BCUT2D eigenvalue weighted by Gasteiger charge is -2.15. The maximum atomic E-state index is 12.0. The van der Waals surface area contributed by atoms with E-state index in [0.717, 1.165) is 48.3 Å². The summed E-state index contributed by atoms with van der Waals surface area (Å²) in [5, 5.41) is 20.9. The zero-order valence-corrected chi connectivity index (χ0v) is 24.3. The van der Waals surface area contributed by atoms with Crippen LogP contribution in [-0.2, 0) is 11.3 Å². The van der Waals surface area contributed by atoms with Gasteiger partial charge in [0.05, 0.1) is 29.1 Å². The van der Waals surface area contributed by atoms with Crippen molar-refractivity contribution in [3.05, 3.63) is 114 Å². The standard InChI is InChI=1S/C36H34N4O3/c1-24(2)29-17-18-40(22-29)21-27-9-13-30(14-10-27)38-35(28-7-5-4-6-8-28)34-31-15-11-26(19-32(31)39-36(34)43)12-16-33(42)37-20-25(3)23-41/h4-11,13-15,19-20,25,29,41H,1-2,17-18,21-23H2,3H3,(H-,38,39,42,43)/p+1. The monoisotopic (exact) mass is 571 g/mol. The summed E-state index contributed by atoms with van der Waals surface area (Å²) in [6, 6.07) is 23.4. The van der Waals surface area contributed by atoms with Crippen LogP contribution in [0.1, 0.15) is 35.6 Å². The van der Waals surface area contributed by atoms with Crippen LogP contribution in [0.25, 0.3) is 10.9 Å². The predicted molar refractivity (Wildman–Crippen MR) is 173 cm³/mol. The molecule has 3 N–H and O–H groups in total. The molecule has 7 heteroatoms. The highest BCUT2D eigenvalue weighted by atomic mass is 16.3. The number of hydrogen-bond acceptors (Lipinski definition) is 5. The van der Waals surface area contributed by atoms with Gasteiger partial charge in [-0.15, -0.1) is 0 Å². The van der Waals surface area contributed by atoms with Crippen molar-refractivity contribution in [2.45, 2.75) is 19.9 Å². The van der Waals surface area contributed by atoms with Crippen molar-refractivity contribution in [2.24, 2.45) is 21.8 Å². The van der Waals surface area contributed by atoms with Crippen LogP contribution in [0.3, 0.4) is 0 Å². The Hall–Kier alpha value is -4.90. The fraction of sp³-hybridized carbons (Fsp3) is 0.222. The molecule has 0 aliphatic carbocycles. The van der Waals surface area contributed by atoms with Gasteiger partial charge in [-0.05, 0) is 42.8 Å². The molecule has 3 aromatic carbocycles. The molecule has 1 fully saturated rings. The molecule has 43 heavy (non-hydrogen) atoms. The minimum absolute atomic E-state index is 0.00594. The smallest absolute Gasteiger partial charge is 0.321 e. The second-order valence-corrected chi connectivity index (χ2v) is 11.0. The number of aliphatic imine (C=N–C) groups is 2. The second kappa shape index (κ2) is 13.4. The number of carbonyl (C=O) groups excluding carboxylic acids is 1. The first-order valence-electron chi connectivity index (χ1n) is 14.3. The average molecular weight is 572 g/mol. The summed E-state index contributed by atoms with van der Waals surface area (Å²) >= 11 is 0. The molecule has 1 aliphatic rings. The van der Waals surface area contributed by atoms with Crippen molar-refractivity contribution in [2.75, 3.05) is 19.7 Å². The molecule has 1 aromatic heterocycles. The summed E-state index contributed by atoms with van der Waals surface area (Å²) in [6.45, 7) is 12.6. The number of H-pyrrole nitrogens is 1. The Kier molecular flexibility index (Phi) is 9.21. The first-order chi connectivity index (χ1) is 20.8. The summed E-state index contributed by atoms with van der Waals surface area (Å²) in [5.74, 6) is 4.98. The number of carbonyl (C=O) groups is 1. The van der Waals surface area contributed by atoms with Crippen LogP contribution in [-0.4, -0.2) is 57.6 Å². The van der Waals surface area contributed by atoms with Gasteiger partial charge in [0.1, 0.15) is 5.57 Å². The summed E-state index contributed by atoms with van der Waals surface area (Å²) in [6.07, 6.45) is 2.49. The number of amides is 1. The zero-order valence-electron chi connectivity index (χ0n) is 24.3. The predicted octanol–water partition coefficient (Wildman–Crippen LogP) is 5.83. The fourth-order valence-electron chi connectivity index (χ4n) is 5.13. The van der Waals surface area contributed by atoms with Crippen LogP contribution in [0, 0.1) is 30.6 Å². The highest BCUT2D eigenvalue weighted by molar-refractivity contribution is 6.22. The molecule has 2 atom stereocenters. The summed E-state index contributed by atoms with van der Waals surface area (Å²) in [4.78, 5) is 26.2. The number of aromatic nitrogens is 1. The van der Waals surface area contributed by atoms with Crippen molar-refractivity contribution >= 4 is 34.4 Å². The maximum absolute atomic E-state index is 12.0. The number of rotatable bonds is 8. The number of aromatic amines is 1. The number of aliphatic hydroxyl groups is 1. The van der Waals surface area contributed by atoms with Gasteiger partial charge in [-0.25, -0.2) is 9.98 Å². The number of nitrogens with one attached hydrogen (secondary N) is 1. The molecular formula is C36H35N4O3+. The van der Waals surface area contributed by atoms with Gasteiger partial charge in [-0.2, -0.15) is 0 Å². The van der Waals surface area contributed by atoms with Crippen molar-refractivity contribution < 1.29 is 15.0 Å². The first-order valence-corrected chi connectivity index (χ1v) is 14.3. The lowest BCUT2D eigenvalue weighted by molar-refractivity contribution is -0.112. The number of aliphatic hydroxyl groups excluding tert-OH is 1. The molecule has 0 bridgehead atoms. The molecule has 7 nitrogen and oxygen atoms in total. The van der Waals surface area contributed by atoms with Gasteiger partial charge in [0.15, 0.2) is 5.88 Å². The van der Waals surface area contributed by atoms with E-state index in [-0.39, 0.29) is 18.4 Å². The van der Waals surface area contributed by atoms with Gasteiger partial charge in [0.2, 0.25) is 0 Å². The van der Waals surface area contributed by atoms with Gasteiger partial charge in [0.25, 0.3) is 0 Å². The summed E-state index contributed by atoms with van der Waals surface area (Å²) in [5.41, 5.74) is 6.34. The third kappa shape index (κ3) is 7.31. The van der Waals surface area contributed by atoms with Crippen LogP contribution in [0.4, 0.5) is 5.69 Å². The van der Waals surface area contributed by atoms with Gasteiger partial charge >= 0.3 is 5.91 Å². The quantitative estimate of drug-likeness (QED) is 0.141. The van der Waals surface area contributed by atoms with E-state index in [0.29, 0.717) is 28.3 Å². The van der Waals surface area contributed by atoms with Crippen LogP contribution in [0.15, 0.2) is 94.9 Å². The number of hydrogen-bond donors (Lipinski definition) is 3. The number of benzene rings is 3. The van der Waals surface area contributed by atoms with Crippen molar-refractivity contribution in [1.29, 1.82) is 0 Å². The molecule has 216 valence electrons. The fourth-order valence-corrected chi connectivity index (χ4v) is 5.13. The van der Waals surface area contributed by atoms with E-state index in [1.807, 2.05) is 48.5 Å². The second-order valence-electron chi connectivity index (χ2n) is 11.0. The van der Waals surface area contributed by atoms with E-state index in [2.05, 4.69) is 52.4 Å². The van der Waals surface area contributed by atoms with Crippen LogP contribution in [0.5, 0.6) is 5.88 Å². The molecule has 1 saturated heterocycles. The highest BCUT2D eigenvalue weighted by Crippen LogP contribution is 2.32. The Morgan fingerprint density at radius 1 is 1.19 bits per heavy atom. The number of likely N-dealkylation sites (tertiary alicyclic amines) is 1. The van der Waals surface area contributed by atoms with Crippen LogP contribution in [0.2, 0.25) is 0 Å². The molecule has 1 aliphatic heterocycles. The number of nitrogens with zero attached hydrogens (tertiary/aromatic N) is 3. The third-order valence-corrected chi connectivity index (χ3v) is 7.54. The van der Waals surface area contributed by atoms with E-state index in [1.54, 1.807) is 19.1 Å². The minimum atomic E-state index is -0.589. The number of fused-ring (bicyclic) bond motifs is 1. The van der Waals surface area contributed by atoms with Gasteiger partial charge in [0, 0.05) is 67.1 Å². The lowest BCUT2D eigenvalue weighted by atomic mass is 10.00. The number of aromatic hydroxyl groups is 1. The molecule has 2 unspecified atom stereocenters. The zero-order chi connectivity index (χ0) is 30.3. The van der Waals surface area contributed by atoms with Crippen molar-refractivity contribution in [3.63, 3.8) is 0 Å². The van der Waals surface area contributed by atoms with E-state index < -0.39 is 5.91 Å². The van der Waals surface area contributed by atoms with E-state index in [4.69, 9.17) is 10.1 Å². The molecule has 0 radical (unpaired) electrons. The normalized spacial score (nSPS) is 16.3. The largest absolute Gasteiger partial charge is 0.494 e. The Morgan fingerprint density at radius 3 is 2.65 bits per heavy atom. The van der Waals surface area contributed by atoms with E-state index in [1.165, 1.54) is 11.8 Å². The van der Waals surface area contributed by atoms with Crippen LogP contribution < -0.4 is 0 Å². The Morgan fingerprint density at radius 2 is 1.95 bits per heavy atom. The minimum Gasteiger partial charge on any atom is -0.494 e. The SMILES string of the molecule is C=C([CH2+])C1CCN(Cc2ccc(N=C(c3ccccc3)c3c(O)[nH]c4cc(C#CC(=O)N=CC(C)CO)ccc34)cc2)C1. The van der Waals surface area contributed by atoms with E-state index in [9.17, 15) is 9.90 Å². The highest BCUT2D eigenvalue weighted by Gasteiger charge is 2.25. The molecule has 1 amide bonds. The summed E-state index contributed by atoms with van der Waals surface area (Å²) in [7, 11) is 0. The molecular weight excluding hydrogens is 536 g/mol. The topological polar surface area (TPSA) is 101 Å². The van der Waals surface area contributed by atoms with Crippen molar-refractivity contribution in [3.8, 4) is 17.7 Å². The maximum Gasteiger partial charge on any atom is 0.321 e.